The Bertz CT molecular complexity index is 1330. The summed E-state index contributed by atoms with van der Waals surface area (Å²) in [5.74, 6) is 2.47. The van der Waals surface area contributed by atoms with Crippen LogP contribution in [0.25, 0.3) is 22.3 Å². The number of hydrogen-bond acceptors (Lipinski definition) is 7. The highest BCUT2D eigenvalue weighted by molar-refractivity contribution is 5.87. The predicted molar refractivity (Wildman–Crippen MR) is 125 cm³/mol. The van der Waals surface area contributed by atoms with Crippen molar-refractivity contribution in [2.24, 2.45) is 0 Å². The topological polar surface area (TPSA) is 76.4 Å². The molecular formula is C26H24O7. The first kappa shape index (κ1) is 22.1. The Morgan fingerprint density at radius 1 is 0.727 bits per heavy atom. The molecule has 0 aliphatic carbocycles. The standard InChI is InChI=1S/C26H24O7/c1-28-20-11-10-18-19(27)14-21(33-24(18)26(20)31-4)17-12-22(29-2)25(30-3)23(13-17)32-15-16-8-6-5-7-9-16/h5-14H,15H2,1-4H3. The lowest BCUT2D eigenvalue weighted by atomic mass is 10.1. The van der Waals surface area contributed by atoms with Gasteiger partial charge in [-0.25, -0.2) is 0 Å². The van der Waals surface area contributed by atoms with E-state index in [0.717, 1.165) is 5.56 Å². The summed E-state index contributed by atoms with van der Waals surface area (Å²) in [5.41, 5.74) is 1.66. The van der Waals surface area contributed by atoms with Crippen molar-refractivity contribution in [1.82, 2.24) is 0 Å². The minimum atomic E-state index is -0.214. The van der Waals surface area contributed by atoms with E-state index < -0.39 is 0 Å². The summed E-state index contributed by atoms with van der Waals surface area (Å²) in [4.78, 5) is 12.9. The molecule has 0 radical (unpaired) electrons. The van der Waals surface area contributed by atoms with Gasteiger partial charge in [0.05, 0.1) is 33.8 Å². The number of benzene rings is 3. The number of methoxy groups -OCH3 is 4. The van der Waals surface area contributed by atoms with Crippen LogP contribution in [0.3, 0.4) is 0 Å². The molecule has 1 aromatic heterocycles. The fraction of sp³-hybridized carbons (Fsp3) is 0.192. The molecule has 7 heteroatoms. The average Bonchev–Trinajstić information content (AvgIpc) is 2.86. The molecule has 4 rings (SSSR count). The van der Waals surface area contributed by atoms with Crippen molar-refractivity contribution in [1.29, 1.82) is 0 Å². The van der Waals surface area contributed by atoms with E-state index in [1.165, 1.54) is 27.4 Å². The quantitative estimate of drug-likeness (QED) is 0.372. The lowest BCUT2D eigenvalue weighted by Gasteiger charge is -2.16. The zero-order valence-electron chi connectivity index (χ0n) is 18.8. The first-order valence-corrected chi connectivity index (χ1v) is 10.2. The second kappa shape index (κ2) is 9.56. The van der Waals surface area contributed by atoms with E-state index in [-0.39, 0.29) is 5.43 Å². The summed E-state index contributed by atoms with van der Waals surface area (Å²) >= 11 is 0. The molecule has 1 heterocycles. The molecule has 0 unspecified atom stereocenters. The molecule has 7 nitrogen and oxygen atoms in total. The van der Waals surface area contributed by atoms with Crippen molar-refractivity contribution in [3.8, 4) is 40.1 Å². The molecule has 0 bridgehead atoms. The zero-order valence-corrected chi connectivity index (χ0v) is 18.8. The minimum absolute atomic E-state index is 0.214. The van der Waals surface area contributed by atoms with E-state index in [1.807, 2.05) is 30.3 Å². The van der Waals surface area contributed by atoms with Crippen LogP contribution in [-0.4, -0.2) is 28.4 Å². The lowest BCUT2D eigenvalue weighted by Crippen LogP contribution is -2.03. The van der Waals surface area contributed by atoms with Gasteiger partial charge in [-0.2, -0.15) is 0 Å². The van der Waals surface area contributed by atoms with Crippen molar-refractivity contribution in [2.75, 3.05) is 28.4 Å². The molecule has 0 aliphatic heterocycles. The smallest absolute Gasteiger partial charge is 0.204 e. The van der Waals surface area contributed by atoms with Gasteiger partial charge in [-0.05, 0) is 29.8 Å². The van der Waals surface area contributed by atoms with Crippen LogP contribution in [-0.2, 0) is 6.61 Å². The monoisotopic (exact) mass is 448 g/mol. The van der Waals surface area contributed by atoms with Crippen molar-refractivity contribution >= 4 is 11.0 Å². The van der Waals surface area contributed by atoms with E-state index in [9.17, 15) is 4.79 Å². The van der Waals surface area contributed by atoms with Crippen LogP contribution in [0.5, 0.6) is 28.7 Å². The second-order valence-electron chi connectivity index (χ2n) is 7.14. The molecule has 0 fully saturated rings. The highest BCUT2D eigenvalue weighted by Crippen LogP contribution is 2.43. The first-order chi connectivity index (χ1) is 16.1. The van der Waals surface area contributed by atoms with Crippen LogP contribution in [0.15, 0.2) is 69.9 Å². The molecular weight excluding hydrogens is 424 g/mol. The van der Waals surface area contributed by atoms with E-state index in [1.54, 1.807) is 31.4 Å². The van der Waals surface area contributed by atoms with E-state index in [4.69, 9.17) is 28.1 Å². The van der Waals surface area contributed by atoms with Crippen molar-refractivity contribution in [2.45, 2.75) is 6.61 Å². The van der Waals surface area contributed by atoms with Crippen molar-refractivity contribution in [3.05, 3.63) is 76.5 Å². The van der Waals surface area contributed by atoms with Gasteiger partial charge in [-0.3, -0.25) is 4.79 Å². The Morgan fingerprint density at radius 3 is 2.09 bits per heavy atom. The maximum Gasteiger partial charge on any atom is 0.204 e. The van der Waals surface area contributed by atoms with Crippen LogP contribution in [0, 0.1) is 0 Å². The Hall–Kier alpha value is -4.13. The fourth-order valence-electron chi connectivity index (χ4n) is 3.59. The average molecular weight is 448 g/mol. The Balaban J connectivity index is 1.85. The molecule has 33 heavy (non-hydrogen) atoms. The number of ether oxygens (including phenoxy) is 5. The Labute approximate surface area is 191 Å². The molecule has 4 aromatic rings. The normalized spacial score (nSPS) is 10.7. The fourth-order valence-corrected chi connectivity index (χ4v) is 3.59. The molecule has 0 amide bonds. The number of fused-ring (bicyclic) bond motifs is 1. The van der Waals surface area contributed by atoms with Crippen LogP contribution in [0.1, 0.15) is 5.56 Å². The van der Waals surface area contributed by atoms with Gasteiger partial charge in [0, 0.05) is 11.6 Å². The summed E-state index contributed by atoms with van der Waals surface area (Å²) in [6, 6.07) is 18.0. The first-order valence-electron chi connectivity index (χ1n) is 10.2. The van der Waals surface area contributed by atoms with Gasteiger partial charge in [0.2, 0.25) is 11.5 Å². The largest absolute Gasteiger partial charge is 0.493 e. The molecule has 170 valence electrons. The Morgan fingerprint density at radius 2 is 1.42 bits per heavy atom. The van der Waals surface area contributed by atoms with Crippen LogP contribution < -0.4 is 29.1 Å². The Kier molecular flexibility index (Phi) is 6.40. The molecule has 3 aromatic carbocycles. The molecule has 0 aliphatic rings. The molecule has 0 saturated carbocycles. The van der Waals surface area contributed by atoms with Gasteiger partial charge in [-0.1, -0.05) is 30.3 Å². The highest BCUT2D eigenvalue weighted by Gasteiger charge is 2.19. The van der Waals surface area contributed by atoms with Crippen molar-refractivity contribution in [3.63, 3.8) is 0 Å². The highest BCUT2D eigenvalue weighted by atomic mass is 16.5. The van der Waals surface area contributed by atoms with Crippen LogP contribution in [0.4, 0.5) is 0 Å². The number of hydrogen-bond donors (Lipinski definition) is 0. The number of rotatable bonds is 8. The van der Waals surface area contributed by atoms with Gasteiger partial charge in [0.15, 0.2) is 28.3 Å². The lowest BCUT2D eigenvalue weighted by molar-refractivity contribution is 0.275. The predicted octanol–water partition coefficient (Wildman–Crippen LogP) is 5.07. The van der Waals surface area contributed by atoms with E-state index >= 15 is 0 Å². The van der Waals surface area contributed by atoms with Crippen LogP contribution in [0.2, 0.25) is 0 Å². The van der Waals surface area contributed by atoms with Crippen LogP contribution >= 0.6 is 0 Å². The molecule has 0 saturated heterocycles. The summed E-state index contributed by atoms with van der Waals surface area (Å²) in [6.07, 6.45) is 0. The summed E-state index contributed by atoms with van der Waals surface area (Å²) in [7, 11) is 6.10. The molecule has 0 atom stereocenters. The summed E-state index contributed by atoms with van der Waals surface area (Å²) in [5, 5.41) is 0.387. The zero-order chi connectivity index (χ0) is 23.4. The third-order valence-corrected chi connectivity index (χ3v) is 5.21. The van der Waals surface area contributed by atoms with Crippen molar-refractivity contribution < 1.29 is 28.1 Å². The summed E-state index contributed by atoms with van der Waals surface area (Å²) < 4.78 is 34.0. The third-order valence-electron chi connectivity index (χ3n) is 5.21. The van der Waals surface area contributed by atoms with Gasteiger partial charge in [-0.15, -0.1) is 0 Å². The minimum Gasteiger partial charge on any atom is -0.493 e. The maximum absolute atomic E-state index is 12.9. The third kappa shape index (κ3) is 4.30. The van der Waals surface area contributed by atoms with Gasteiger partial charge < -0.3 is 28.1 Å². The van der Waals surface area contributed by atoms with E-state index in [0.29, 0.717) is 57.6 Å². The maximum atomic E-state index is 12.9. The summed E-state index contributed by atoms with van der Waals surface area (Å²) in [6.45, 7) is 0.330. The van der Waals surface area contributed by atoms with E-state index in [2.05, 4.69) is 0 Å². The van der Waals surface area contributed by atoms with Gasteiger partial charge in [0.1, 0.15) is 12.4 Å². The van der Waals surface area contributed by atoms with Gasteiger partial charge >= 0.3 is 0 Å². The second-order valence-corrected chi connectivity index (χ2v) is 7.14. The molecule has 0 spiro atoms. The SMILES string of the molecule is COc1cc(-c2cc(=O)c3ccc(OC)c(OC)c3o2)cc(OCc2ccccc2)c1OC. The molecule has 0 N–H and O–H groups in total. The van der Waals surface area contributed by atoms with Gasteiger partial charge in [0.25, 0.3) is 0 Å².